The van der Waals surface area contributed by atoms with E-state index in [2.05, 4.69) is 15.5 Å². The molecular weight excluding hydrogens is 202 g/mol. The van der Waals surface area contributed by atoms with Crippen LogP contribution in [0.1, 0.15) is 43.9 Å². The van der Waals surface area contributed by atoms with Gasteiger partial charge in [0, 0.05) is 19.4 Å². The minimum Gasteiger partial charge on any atom is -0.425 e. The van der Waals surface area contributed by atoms with Crippen molar-refractivity contribution in [2.75, 3.05) is 13.6 Å². The van der Waals surface area contributed by atoms with Crippen molar-refractivity contribution in [3.8, 4) is 0 Å². The molecule has 2 rings (SSSR count). The number of likely N-dealkylation sites (N-methyl/N-ethyl adjacent to an activating group) is 1. The van der Waals surface area contributed by atoms with Crippen LogP contribution in [0.2, 0.25) is 0 Å². The molecule has 0 aromatic carbocycles. The summed E-state index contributed by atoms with van der Waals surface area (Å²) in [6.45, 7) is 0.894. The van der Waals surface area contributed by atoms with Crippen LogP contribution in [0.5, 0.6) is 0 Å². The van der Waals surface area contributed by atoms with Gasteiger partial charge < -0.3 is 9.73 Å². The van der Waals surface area contributed by atoms with Gasteiger partial charge in [-0.25, -0.2) is 0 Å². The predicted octanol–water partition coefficient (Wildman–Crippen LogP) is 1.95. The highest BCUT2D eigenvalue weighted by molar-refractivity contribution is 4.85. The van der Waals surface area contributed by atoms with Crippen molar-refractivity contribution < 1.29 is 4.42 Å². The van der Waals surface area contributed by atoms with Gasteiger partial charge in [0.05, 0.1) is 0 Å². The smallest absolute Gasteiger partial charge is 0.217 e. The van der Waals surface area contributed by atoms with Crippen molar-refractivity contribution >= 4 is 0 Å². The summed E-state index contributed by atoms with van der Waals surface area (Å²) in [5, 5.41) is 11.3. The molecule has 1 aromatic heterocycles. The molecule has 0 radical (unpaired) electrons. The van der Waals surface area contributed by atoms with Crippen molar-refractivity contribution in [1.82, 2.24) is 15.5 Å². The van der Waals surface area contributed by atoms with E-state index in [0.717, 1.165) is 37.1 Å². The second-order valence-corrected chi connectivity index (χ2v) is 4.65. The van der Waals surface area contributed by atoms with E-state index in [4.69, 9.17) is 4.42 Å². The molecule has 1 fully saturated rings. The average molecular weight is 223 g/mol. The van der Waals surface area contributed by atoms with Crippen LogP contribution < -0.4 is 5.32 Å². The first-order chi connectivity index (χ1) is 7.88. The van der Waals surface area contributed by atoms with Crippen molar-refractivity contribution in [3.05, 3.63) is 11.8 Å². The standard InChI is InChI=1S/C12H21N3O/c1-13-8-7-11-14-15-12(16-11)9-10-5-3-2-4-6-10/h10,13H,2-9H2,1H3. The van der Waals surface area contributed by atoms with Crippen LogP contribution >= 0.6 is 0 Å². The van der Waals surface area contributed by atoms with Crippen LogP contribution in [0.4, 0.5) is 0 Å². The lowest BCUT2D eigenvalue weighted by Crippen LogP contribution is -2.10. The monoisotopic (exact) mass is 223 g/mol. The summed E-state index contributed by atoms with van der Waals surface area (Å²) in [6.07, 6.45) is 8.59. The highest BCUT2D eigenvalue weighted by Gasteiger charge is 2.17. The molecule has 0 atom stereocenters. The average Bonchev–Trinajstić information content (AvgIpc) is 2.75. The van der Waals surface area contributed by atoms with Crippen molar-refractivity contribution in [2.24, 2.45) is 5.92 Å². The van der Waals surface area contributed by atoms with Crippen molar-refractivity contribution in [3.63, 3.8) is 0 Å². The third-order valence-electron chi connectivity index (χ3n) is 3.29. The summed E-state index contributed by atoms with van der Waals surface area (Å²) >= 11 is 0. The molecule has 0 spiro atoms. The molecule has 0 saturated heterocycles. The van der Waals surface area contributed by atoms with E-state index in [1.165, 1.54) is 32.1 Å². The summed E-state index contributed by atoms with van der Waals surface area (Å²) in [6, 6.07) is 0. The SMILES string of the molecule is CNCCc1nnc(CC2CCCCC2)o1. The summed E-state index contributed by atoms with van der Waals surface area (Å²) in [5.41, 5.74) is 0. The van der Waals surface area contributed by atoms with Crippen LogP contribution in [0.25, 0.3) is 0 Å². The Hall–Kier alpha value is -0.900. The first kappa shape index (κ1) is 11.6. The largest absolute Gasteiger partial charge is 0.425 e. The van der Waals surface area contributed by atoms with E-state index >= 15 is 0 Å². The molecule has 4 heteroatoms. The zero-order chi connectivity index (χ0) is 11.2. The number of rotatable bonds is 5. The van der Waals surface area contributed by atoms with Gasteiger partial charge in [-0.05, 0) is 25.8 Å². The molecule has 1 aliphatic carbocycles. The molecule has 1 heterocycles. The van der Waals surface area contributed by atoms with Gasteiger partial charge in [-0.15, -0.1) is 10.2 Å². The fourth-order valence-electron chi connectivity index (χ4n) is 2.34. The third kappa shape index (κ3) is 3.30. The van der Waals surface area contributed by atoms with Gasteiger partial charge in [0.15, 0.2) is 0 Å². The molecule has 0 aliphatic heterocycles. The van der Waals surface area contributed by atoms with Crippen molar-refractivity contribution in [1.29, 1.82) is 0 Å². The Kier molecular flexibility index (Phi) is 4.34. The quantitative estimate of drug-likeness (QED) is 0.829. The highest BCUT2D eigenvalue weighted by Crippen LogP contribution is 2.26. The van der Waals surface area contributed by atoms with E-state index in [1.54, 1.807) is 0 Å². The topological polar surface area (TPSA) is 51.0 Å². The highest BCUT2D eigenvalue weighted by atomic mass is 16.4. The van der Waals surface area contributed by atoms with Crippen LogP contribution in [-0.2, 0) is 12.8 Å². The Morgan fingerprint density at radius 2 is 1.94 bits per heavy atom. The van der Waals surface area contributed by atoms with E-state index in [0.29, 0.717) is 0 Å². The first-order valence-electron chi connectivity index (χ1n) is 6.34. The van der Waals surface area contributed by atoms with Gasteiger partial charge in [0.1, 0.15) is 0 Å². The summed E-state index contributed by atoms with van der Waals surface area (Å²) in [7, 11) is 1.93. The Bertz CT molecular complexity index is 305. The molecule has 0 bridgehead atoms. The Labute approximate surface area is 96.8 Å². The number of nitrogens with one attached hydrogen (secondary N) is 1. The maximum absolute atomic E-state index is 5.63. The minimum absolute atomic E-state index is 0.764. The lowest BCUT2D eigenvalue weighted by Gasteiger charge is -2.19. The molecule has 90 valence electrons. The van der Waals surface area contributed by atoms with Gasteiger partial charge in [0.25, 0.3) is 0 Å². The zero-order valence-corrected chi connectivity index (χ0v) is 10.0. The lowest BCUT2D eigenvalue weighted by atomic mass is 9.87. The van der Waals surface area contributed by atoms with Crippen LogP contribution in [0.15, 0.2) is 4.42 Å². The predicted molar refractivity (Wildman–Crippen MR) is 62.2 cm³/mol. The van der Waals surface area contributed by atoms with Crippen LogP contribution in [0, 0.1) is 5.92 Å². The van der Waals surface area contributed by atoms with Gasteiger partial charge in [0.2, 0.25) is 11.8 Å². The van der Waals surface area contributed by atoms with Crippen LogP contribution in [-0.4, -0.2) is 23.8 Å². The maximum atomic E-state index is 5.63. The first-order valence-corrected chi connectivity index (χ1v) is 6.34. The summed E-state index contributed by atoms with van der Waals surface area (Å²) in [4.78, 5) is 0. The fraction of sp³-hybridized carbons (Fsp3) is 0.833. The summed E-state index contributed by atoms with van der Waals surface area (Å²) in [5.74, 6) is 2.37. The zero-order valence-electron chi connectivity index (χ0n) is 10.0. The third-order valence-corrected chi connectivity index (χ3v) is 3.29. The molecular formula is C12H21N3O. The minimum atomic E-state index is 0.764. The normalized spacial score (nSPS) is 17.8. The Morgan fingerprint density at radius 1 is 1.19 bits per heavy atom. The second kappa shape index (κ2) is 5.99. The van der Waals surface area contributed by atoms with Gasteiger partial charge >= 0.3 is 0 Å². The van der Waals surface area contributed by atoms with Gasteiger partial charge in [-0.3, -0.25) is 0 Å². The molecule has 1 aliphatic rings. The van der Waals surface area contributed by atoms with E-state index in [-0.39, 0.29) is 0 Å². The molecule has 1 aromatic rings. The molecule has 1 saturated carbocycles. The molecule has 1 N–H and O–H groups in total. The Balaban J connectivity index is 1.81. The summed E-state index contributed by atoms with van der Waals surface area (Å²) < 4.78 is 5.63. The van der Waals surface area contributed by atoms with Gasteiger partial charge in [-0.1, -0.05) is 19.3 Å². The fourth-order valence-corrected chi connectivity index (χ4v) is 2.34. The maximum Gasteiger partial charge on any atom is 0.217 e. The Morgan fingerprint density at radius 3 is 2.69 bits per heavy atom. The molecule has 16 heavy (non-hydrogen) atoms. The van der Waals surface area contributed by atoms with E-state index in [9.17, 15) is 0 Å². The number of hydrogen-bond acceptors (Lipinski definition) is 4. The molecule has 4 nitrogen and oxygen atoms in total. The number of nitrogens with zero attached hydrogens (tertiary/aromatic N) is 2. The number of hydrogen-bond donors (Lipinski definition) is 1. The number of aromatic nitrogens is 2. The van der Waals surface area contributed by atoms with E-state index in [1.807, 2.05) is 7.05 Å². The molecule has 0 amide bonds. The second-order valence-electron chi connectivity index (χ2n) is 4.65. The molecule has 0 unspecified atom stereocenters. The lowest BCUT2D eigenvalue weighted by molar-refractivity contribution is 0.324. The van der Waals surface area contributed by atoms with Gasteiger partial charge in [-0.2, -0.15) is 0 Å². The van der Waals surface area contributed by atoms with E-state index < -0.39 is 0 Å². The van der Waals surface area contributed by atoms with Crippen LogP contribution in [0.3, 0.4) is 0 Å². The van der Waals surface area contributed by atoms with Crippen molar-refractivity contribution in [2.45, 2.75) is 44.9 Å².